The summed E-state index contributed by atoms with van der Waals surface area (Å²) >= 11 is 0. The molecule has 0 spiro atoms. The topological polar surface area (TPSA) is 26.9 Å². The molecule has 3 nitrogen and oxygen atoms in total. The average Bonchev–Trinajstić information content (AvgIpc) is 3.36. The van der Waals surface area contributed by atoms with Crippen LogP contribution in [0, 0.1) is 5.82 Å². The van der Waals surface area contributed by atoms with Crippen LogP contribution < -0.4 is 5.56 Å². The van der Waals surface area contributed by atoms with Gasteiger partial charge in [-0.3, -0.25) is 9.48 Å². The van der Waals surface area contributed by atoms with Crippen molar-refractivity contribution in [2.75, 3.05) is 0 Å². The molecule has 2 aliphatic carbocycles. The molecule has 4 rings (SSSR count). The predicted octanol–water partition coefficient (Wildman–Crippen LogP) is 4.09. The fourth-order valence-electron chi connectivity index (χ4n) is 3.48. The van der Waals surface area contributed by atoms with E-state index in [2.05, 4.69) is 0 Å². The number of aromatic nitrogens is 2. The molecule has 0 atom stereocenters. The smallest absolute Gasteiger partial charge is 0.284 e. The van der Waals surface area contributed by atoms with Crippen molar-refractivity contribution in [2.24, 2.45) is 7.05 Å². The minimum atomic E-state index is -4.87. The first-order chi connectivity index (χ1) is 11.3. The molecule has 2 aliphatic rings. The van der Waals surface area contributed by atoms with Crippen LogP contribution in [-0.2, 0) is 13.2 Å². The first kappa shape index (κ1) is 15.5. The number of hydrogen-bond donors (Lipinski definition) is 0. The molecule has 7 heteroatoms. The molecule has 0 aliphatic heterocycles. The molecule has 2 saturated carbocycles. The van der Waals surface area contributed by atoms with E-state index in [1.807, 2.05) is 0 Å². The Kier molecular flexibility index (Phi) is 3.21. The fraction of sp³-hybridized carbons (Fsp3) is 0.471. The maximum absolute atomic E-state index is 13.9. The van der Waals surface area contributed by atoms with Crippen molar-refractivity contribution < 1.29 is 17.6 Å². The van der Waals surface area contributed by atoms with Gasteiger partial charge in [0.1, 0.15) is 11.4 Å². The number of nitrogens with zero attached hydrogens (tertiary/aromatic N) is 2. The van der Waals surface area contributed by atoms with Gasteiger partial charge in [-0.05, 0) is 43.7 Å². The molecule has 2 aromatic rings. The summed E-state index contributed by atoms with van der Waals surface area (Å²) in [4.78, 5) is 12.9. The summed E-state index contributed by atoms with van der Waals surface area (Å²) in [6.07, 6.45) is -1.23. The number of halogens is 4. The van der Waals surface area contributed by atoms with E-state index in [0.29, 0.717) is 5.56 Å². The fourth-order valence-corrected chi connectivity index (χ4v) is 3.48. The Morgan fingerprint density at radius 2 is 1.71 bits per heavy atom. The first-order valence-corrected chi connectivity index (χ1v) is 7.98. The van der Waals surface area contributed by atoms with Gasteiger partial charge in [0.2, 0.25) is 0 Å². The van der Waals surface area contributed by atoms with E-state index < -0.39 is 28.8 Å². The molecule has 2 fully saturated rings. The number of hydrogen-bond acceptors (Lipinski definition) is 1. The highest BCUT2D eigenvalue weighted by Crippen LogP contribution is 2.48. The Morgan fingerprint density at radius 1 is 1.08 bits per heavy atom. The van der Waals surface area contributed by atoms with E-state index in [-0.39, 0.29) is 11.8 Å². The van der Waals surface area contributed by atoms with Gasteiger partial charge in [-0.1, -0.05) is 6.07 Å². The Bertz CT molecular complexity index is 870. The van der Waals surface area contributed by atoms with Crippen molar-refractivity contribution in [2.45, 2.75) is 43.7 Å². The lowest BCUT2D eigenvalue weighted by Gasteiger charge is -2.16. The van der Waals surface area contributed by atoms with Gasteiger partial charge in [-0.2, -0.15) is 13.2 Å². The normalized spacial score (nSPS) is 18.2. The number of alkyl halides is 3. The molecule has 24 heavy (non-hydrogen) atoms. The molecule has 0 bridgehead atoms. The Labute approximate surface area is 135 Å². The molecule has 0 N–H and O–H groups in total. The summed E-state index contributed by atoms with van der Waals surface area (Å²) in [5.41, 5.74) is -0.837. The molecule has 0 unspecified atom stereocenters. The molecular formula is C17H16F4N2O. The largest absolute Gasteiger partial charge is 0.421 e. The molecule has 1 aromatic heterocycles. The third kappa shape index (κ3) is 2.29. The minimum absolute atomic E-state index is 0.128. The Balaban J connectivity index is 2.01. The predicted molar refractivity (Wildman–Crippen MR) is 79.9 cm³/mol. The summed E-state index contributed by atoms with van der Waals surface area (Å²) in [6.45, 7) is 0. The molecule has 0 radical (unpaired) electrons. The maximum atomic E-state index is 13.9. The van der Waals surface area contributed by atoms with Gasteiger partial charge in [-0.25, -0.2) is 9.07 Å². The Morgan fingerprint density at radius 3 is 2.25 bits per heavy atom. The first-order valence-electron chi connectivity index (χ1n) is 7.98. The summed E-state index contributed by atoms with van der Waals surface area (Å²) in [6, 6.07) is 3.12. The van der Waals surface area contributed by atoms with Crippen LogP contribution in [-0.4, -0.2) is 9.36 Å². The zero-order valence-corrected chi connectivity index (χ0v) is 13.0. The van der Waals surface area contributed by atoms with Crippen LogP contribution in [0.15, 0.2) is 23.0 Å². The SMILES string of the molecule is Cn1c(C2CC2)c(C2CC2)c(=O)n1-c1cccc(F)c1C(F)(F)F. The van der Waals surface area contributed by atoms with E-state index in [4.69, 9.17) is 0 Å². The zero-order chi connectivity index (χ0) is 17.2. The van der Waals surface area contributed by atoms with Gasteiger partial charge >= 0.3 is 6.18 Å². The van der Waals surface area contributed by atoms with Gasteiger partial charge in [0, 0.05) is 24.2 Å². The van der Waals surface area contributed by atoms with Crippen LogP contribution in [0.3, 0.4) is 0 Å². The minimum Gasteiger partial charge on any atom is -0.284 e. The third-order valence-corrected chi connectivity index (χ3v) is 4.80. The molecule has 0 amide bonds. The van der Waals surface area contributed by atoms with Gasteiger partial charge in [-0.15, -0.1) is 0 Å². The molecule has 1 heterocycles. The summed E-state index contributed by atoms with van der Waals surface area (Å²) in [7, 11) is 1.59. The van der Waals surface area contributed by atoms with Crippen molar-refractivity contribution in [3.8, 4) is 5.69 Å². The van der Waals surface area contributed by atoms with Crippen molar-refractivity contribution in [3.05, 3.63) is 51.2 Å². The second-order valence-corrected chi connectivity index (χ2v) is 6.62. The molecule has 0 saturated heterocycles. The van der Waals surface area contributed by atoms with Crippen LogP contribution in [0.1, 0.15) is 54.3 Å². The van der Waals surface area contributed by atoms with E-state index in [1.165, 1.54) is 10.7 Å². The lowest BCUT2D eigenvalue weighted by Crippen LogP contribution is -2.25. The summed E-state index contributed by atoms with van der Waals surface area (Å²) in [5, 5.41) is 0. The molecule has 1 aromatic carbocycles. The lowest BCUT2D eigenvalue weighted by atomic mass is 10.1. The average molecular weight is 340 g/mol. The van der Waals surface area contributed by atoms with Gasteiger partial charge in [0.15, 0.2) is 0 Å². The van der Waals surface area contributed by atoms with Crippen molar-refractivity contribution in [1.29, 1.82) is 0 Å². The maximum Gasteiger partial charge on any atom is 0.421 e. The summed E-state index contributed by atoms with van der Waals surface area (Å²) < 4.78 is 56.4. The van der Waals surface area contributed by atoms with Crippen LogP contribution >= 0.6 is 0 Å². The van der Waals surface area contributed by atoms with Crippen LogP contribution in [0.4, 0.5) is 17.6 Å². The Hall–Kier alpha value is -2.05. The van der Waals surface area contributed by atoms with Crippen molar-refractivity contribution in [3.63, 3.8) is 0 Å². The van der Waals surface area contributed by atoms with Crippen molar-refractivity contribution in [1.82, 2.24) is 9.36 Å². The standard InChI is InChI=1S/C17H16F4N2O/c1-22-15(10-7-8-10)13(9-5-6-9)16(24)23(22)12-4-2-3-11(18)14(12)17(19,20)21/h2-4,9-10H,5-8H2,1H3. The van der Waals surface area contributed by atoms with Gasteiger partial charge in [0.25, 0.3) is 5.56 Å². The van der Waals surface area contributed by atoms with Crippen LogP contribution in [0.2, 0.25) is 0 Å². The molecular weight excluding hydrogens is 324 g/mol. The van der Waals surface area contributed by atoms with E-state index >= 15 is 0 Å². The van der Waals surface area contributed by atoms with Crippen LogP contribution in [0.25, 0.3) is 5.69 Å². The van der Waals surface area contributed by atoms with Gasteiger partial charge in [0.05, 0.1) is 5.69 Å². The number of rotatable bonds is 3. The zero-order valence-electron chi connectivity index (χ0n) is 13.0. The van der Waals surface area contributed by atoms with Gasteiger partial charge < -0.3 is 0 Å². The lowest BCUT2D eigenvalue weighted by molar-refractivity contribution is -0.140. The molecule has 128 valence electrons. The second kappa shape index (κ2) is 4.97. The highest BCUT2D eigenvalue weighted by atomic mass is 19.4. The van der Waals surface area contributed by atoms with Crippen LogP contribution in [0.5, 0.6) is 0 Å². The van der Waals surface area contributed by atoms with E-state index in [0.717, 1.165) is 48.2 Å². The quantitative estimate of drug-likeness (QED) is 0.773. The summed E-state index contributed by atoms with van der Waals surface area (Å²) in [5.74, 6) is -1.01. The monoisotopic (exact) mass is 340 g/mol. The third-order valence-electron chi connectivity index (χ3n) is 4.80. The van der Waals surface area contributed by atoms with E-state index in [9.17, 15) is 22.4 Å². The second-order valence-electron chi connectivity index (χ2n) is 6.62. The number of benzene rings is 1. The highest BCUT2D eigenvalue weighted by molar-refractivity contribution is 5.46. The van der Waals surface area contributed by atoms with Crippen molar-refractivity contribution >= 4 is 0 Å². The highest BCUT2D eigenvalue weighted by Gasteiger charge is 2.42. The van der Waals surface area contributed by atoms with E-state index in [1.54, 1.807) is 7.05 Å².